The van der Waals surface area contributed by atoms with E-state index in [1.54, 1.807) is 0 Å². The lowest BCUT2D eigenvalue weighted by atomic mass is 9.92. The zero-order valence-electron chi connectivity index (χ0n) is 6.84. The van der Waals surface area contributed by atoms with Gasteiger partial charge in [-0.05, 0) is 44.5 Å². The van der Waals surface area contributed by atoms with Gasteiger partial charge in [-0.15, -0.1) is 0 Å². The van der Waals surface area contributed by atoms with Gasteiger partial charge >= 0.3 is 0 Å². The highest BCUT2D eigenvalue weighted by atomic mass is 32.1. The predicted molar refractivity (Wildman–Crippen MR) is 50.1 cm³/mol. The van der Waals surface area contributed by atoms with E-state index in [1.165, 1.54) is 0 Å². The van der Waals surface area contributed by atoms with Crippen molar-refractivity contribution in [1.29, 1.82) is 0 Å². The number of hydrogen-bond donors (Lipinski definition) is 3. The largest absolute Gasteiger partial charge is 0.390 e. The van der Waals surface area contributed by atoms with Crippen LogP contribution < -0.4 is 5.32 Å². The molecule has 1 fully saturated rings. The summed E-state index contributed by atoms with van der Waals surface area (Å²) in [6.07, 6.45) is 3.73. The third-order valence-electron chi connectivity index (χ3n) is 2.34. The molecule has 1 aliphatic heterocycles. The highest BCUT2D eigenvalue weighted by molar-refractivity contribution is 7.80. The van der Waals surface area contributed by atoms with Gasteiger partial charge in [-0.3, -0.25) is 0 Å². The highest BCUT2D eigenvalue weighted by Crippen LogP contribution is 2.23. The molecule has 0 aromatic carbocycles. The molecule has 0 aromatic heterocycles. The molecule has 1 atom stereocenters. The van der Waals surface area contributed by atoms with Gasteiger partial charge < -0.3 is 10.4 Å². The fraction of sp³-hybridized carbons (Fsp3) is 1.00. The van der Waals surface area contributed by atoms with Crippen LogP contribution in [0.2, 0.25) is 0 Å². The summed E-state index contributed by atoms with van der Waals surface area (Å²) in [6.45, 7) is 2.00. The van der Waals surface area contributed by atoms with E-state index < -0.39 is 5.60 Å². The zero-order valence-corrected chi connectivity index (χ0v) is 7.74. The minimum absolute atomic E-state index is 0.425. The van der Waals surface area contributed by atoms with E-state index in [-0.39, 0.29) is 0 Å². The topological polar surface area (TPSA) is 32.3 Å². The van der Waals surface area contributed by atoms with Crippen LogP contribution in [0.1, 0.15) is 25.7 Å². The minimum atomic E-state index is -0.425. The van der Waals surface area contributed by atoms with Gasteiger partial charge in [0.05, 0.1) is 5.60 Å². The molecule has 1 rings (SSSR count). The Morgan fingerprint density at radius 1 is 1.36 bits per heavy atom. The smallest absolute Gasteiger partial charge is 0.0668 e. The van der Waals surface area contributed by atoms with E-state index in [9.17, 15) is 5.11 Å². The Morgan fingerprint density at radius 3 is 2.91 bits per heavy atom. The van der Waals surface area contributed by atoms with Crippen molar-refractivity contribution < 1.29 is 5.11 Å². The maximum Gasteiger partial charge on any atom is 0.0668 e. The molecule has 3 heteroatoms. The molecule has 0 aromatic rings. The predicted octanol–water partition coefficient (Wildman–Crippen LogP) is 0.811. The summed E-state index contributed by atoms with van der Waals surface area (Å²) < 4.78 is 0. The number of rotatable bonds is 2. The van der Waals surface area contributed by atoms with Gasteiger partial charge in [-0.25, -0.2) is 0 Å². The zero-order chi connectivity index (χ0) is 8.16. The van der Waals surface area contributed by atoms with Crippen molar-refractivity contribution in [3.63, 3.8) is 0 Å². The van der Waals surface area contributed by atoms with Crippen LogP contribution >= 0.6 is 12.6 Å². The van der Waals surface area contributed by atoms with Gasteiger partial charge in [0.1, 0.15) is 0 Å². The Balaban J connectivity index is 2.38. The molecule has 2 N–H and O–H groups in total. The first-order valence-electron chi connectivity index (χ1n) is 4.31. The molecule has 0 aliphatic carbocycles. The van der Waals surface area contributed by atoms with Crippen LogP contribution in [0.5, 0.6) is 0 Å². The van der Waals surface area contributed by atoms with Gasteiger partial charge in [0.15, 0.2) is 0 Å². The molecule has 0 saturated carbocycles. The van der Waals surface area contributed by atoms with Crippen LogP contribution in [0.4, 0.5) is 0 Å². The maximum atomic E-state index is 9.96. The van der Waals surface area contributed by atoms with Crippen LogP contribution in [-0.4, -0.2) is 29.5 Å². The van der Waals surface area contributed by atoms with Gasteiger partial charge in [-0.2, -0.15) is 12.6 Å². The van der Waals surface area contributed by atoms with Gasteiger partial charge in [-0.1, -0.05) is 0 Å². The third-order valence-corrected chi connectivity index (χ3v) is 2.56. The first-order valence-corrected chi connectivity index (χ1v) is 4.94. The van der Waals surface area contributed by atoms with Crippen molar-refractivity contribution in [2.45, 2.75) is 31.3 Å². The van der Waals surface area contributed by atoms with Crippen LogP contribution in [0, 0.1) is 0 Å². The summed E-state index contributed by atoms with van der Waals surface area (Å²) in [4.78, 5) is 0. The molecule has 0 spiro atoms. The fourth-order valence-electron chi connectivity index (χ4n) is 1.57. The number of aliphatic hydroxyl groups is 1. The van der Waals surface area contributed by atoms with Crippen LogP contribution in [0.3, 0.4) is 0 Å². The normalized spacial score (nSPS) is 33.3. The molecule has 2 nitrogen and oxygen atoms in total. The van der Waals surface area contributed by atoms with E-state index >= 15 is 0 Å². The second kappa shape index (κ2) is 4.33. The quantitative estimate of drug-likeness (QED) is 0.543. The van der Waals surface area contributed by atoms with Crippen molar-refractivity contribution in [3.05, 3.63) is 0 Å². The Hall–Kier alpha value is 0.270. The Morgan fingerprint density at radius 2 is 2.18 bits per heavy atom. The average Bonchev–Trinajstić information content (AvgIpc) is 2.15. The summed E-state index contributed by atoms with van der Waals surface area (Å²) in [7, 11) is 0. The maximum absolute atomic E-state index is 9.96. The first-order chi connectivity index (χ1) is 5.27. The van der Waals surface area contributed by atoms with Gasteiger partial charge in [0.2, 0.25) is 0 Å². The molecular weight excluding hydrogens is 158 g/mol. The van der Waals surface area contributed by atoms with Gasteiger partial charge in [0.25, 0.3) is 0 Å². The molecular formula is C8H17NOS. The lowest BCUT2D eigenvalue weighted by Gasteiger charge is -2.25. The second-order valence-electron chi connectivity index (χ2n) is 3.30. The van der Waals surface area contributed by atoms with Crippen molar-refractivity contribution in [2.75, 3.05) is 18.8 Å². The summed E-state index contributed by atoms with van der Waals surface area (Å²) >= 11 is 4.14. The van der Waals surface area contributed by atoms with E-state index in [2.05, 4.69) is 17.9 Å². The minimum Gasteiger partial charge on any atom is -0.390 e. The fourth-order valence-corrected chi connectivity index (χ4v) is 1.99. The molecule has 1 unspecified atom stereocenters. The molecule has 0 amide bonds. The molecule has 0 radical (unpaired) electrons. The van der Waals surface area contributed by atoms with E-state index in [0.717, 1.165) is 44.5 Å². The number of nitrogens with one attached hydrogen (secondary N) is 1. The second-order valence-corrected chi connectivity index (χ2v) is 3.75. The lowest BCUT2D eigenvalue weighted by molar-refractivity contribution is 0.0256. The Labute approximate surface area is 73.8 Å². The standard InChI is InChI=1S/C8H17NOS/c10-8(4-7-11)2-1-5-9-6-3-8/h9-11H,1-7H2. The third kappa shape index (κ3) is 3.01. The van der Waals surface area contributed by atoms with E-state index in [1.807, 2.05) is 0 Å². The van der Waals surface area contributed by atoms with Crippen molar-refractivity contribution in [1.82, 2.24) is 5.32 Å². The molecule has 11 heavy (non-hydrogen) atoms. The molecule has 1 saturated heterocycles. The first kappa shape index (κ1) is 9.36. The monoisotopic (exact) mass is 175 g/mol. The molecule has 0 bridgehead atoms. The summed E-state index contributed by atoms with van der Waals surface area (Å²) in [6, 6.07) is 0. The average molecular weight is 175 g/mol. The molecule has 1 heterocycles. The van der Waals surface area contributed by atoms with Crippen molar-refractivity contribution >= 4 is 12.6 Å². The Bertz CT molecular complexity index is 111. The van der Waals surface area contributed by atoms with Crippen LogP contribution in [-0.2, 0) is 0 Å². The molecule has 1 aliphatic rings. The summed E-state index contributed by atoms with van der Waals surface area (Å²) in [5.74, 6) is 0.788. The van der Waals surface area contributed by atoms with E-state index in [0.29, 0.717) is 0 Å². The SMILES string of the molecule is OC1(CCS)CCCNCC1. The van der Waals surface area contributed by atoms with E-state index in [4.69, 9.17) is 0 Å². The van der Waals surface area contributed by atoms with Crippen LogP contribution in [0.25, 0.3) is 0 Å². The Kier molecular flexibility index (Phi) is 3.69. The summed E-state index contributed by atoms with van der Waals surface area (Å²) in [5.41, 5.74) is -0.425. The number of hydrogen-bond acceptors (Lipinski definition) is 3. The highest BCUT2D eigenvalue weighted by Gasteiger charge is 2.26. The van der Waals surface area contributed by atoms with Crippen molar-refractivity contribution in [3.8, 4) is 0 Å². The number of thiol groups is 1. The lowest BCUT2D eigenvalue weighted by Crippen LogP contribution is -2.30. The van der Waals surface area contributed by atoms with Gasteiger partial charge in [0, 0.05) is 0 Å². The molecule has 66 valence electrons. The van der Waals surface area contributed by atoms with Crippen molar-refractivity contribution in [2.24, 2.45) is 0 Å². The van der Waals surface area contributed by atoms with Crippen LogP contribution in [0.15, 0.2) is 0 Å². The summed E-state index contributed by atoms with van der Waals surface area (Å²) in [5, 5.41) is 13.2.